The van der Waals surface area contributed by atoms with Crippen LogP contribution in [-0.2, 0) is 13.0 Å². The van der Waals surface area contributed by atoms with Crippen LogP contribution in [0.4, 0.5) is 0 Å². The predicted octanol–water partition coefficient (Wildman–Crippen LogP) is 3.60. The van der Waals surface area contributed by atoms with Gasteiger partial charge in [0.2, 0.25) is 0 Å². The Morgan fingerprint density at radius 2 is 2.21 bits per heavy atom. The molecule has 1 atom stereocenters. The lowest BCUT2D eigenvalue weighted by atomic mass is 10.1. The van der Waals surface area contributed by atoms with Gasteiger partial charge in [0.1, 0.15) is 0 Å². The van der Waals surface area contributed by atoms with Crippen LogP contribution >= 0.6 is 15.9 Å². The van der Waals surface area contributed by atoms with Crippen LogP contribution in [0.3, 0.4) is 0 Å². The minimum Gasteiger partial charge on any atom is -0.344 e. The van der Waals surface area contributed by atoms with E-state index < -0.39 is 0 Å². The maximum absolute atomic E-state index is 3.51. The molecule has 0 fully saturated rings. The van der Waals surface area contributed by atoms with Crippen molar-refractivity contribution in [2.24, 2.45) is 5.92 Å². The minimum absolute atomic E-state index is 0.804. The summed E-state index contributed by atoms with van der Waals surface area (Å²) in [5, 5.41) is 1.36. The average Bonchev–Trinajstić information content (AvgIpc) is 2.59. The van der Waals surface area contributed by atoms with Gasteiger partial charge in [-0.3, -0.25) is 0 Å². The van der Waals surface area contributed by atoms with Crippen molar-refractivity contribution < 1.29 is 0 Å². The summed E-state index contributed by atoms with van der Waals surface area (Å²) in [6, 6.07) is 8.86. The van der Waals surface area contributed by atoms with Crippen LogP contribution in [0.2, 0.25) is 0 Å². The fraction of sp³-hybridized carbons (Fsp3) is 0.333. The van der Waals surface area contributed by atoms with Gasteiger partial charge in [0.15, 0.2) is 0 Å². The third-order valence-electron chi connectivity index (χ3n) is 3.00. The van der Waals surface area contributed by atoms with E-state index >= 15 is 0 Å². The average molecular weight is 250 g/mol. The Kier molecular flexibility index (Phi) is 1.75. The highest BCUT2D eigenvalue weighted by Gasteiger charge is 2.19. The van der Waals surface area contributed by atoms with E-state index in [-0.39, 0.29) is 0 Å². The van der Waals surface area contributed by atoms with Crippen molar-refractivity contribution in [3.05, 3.63) is 34.4 Å². The monoisotopic (exact) mass is 249 g/mol. The third kappa shape index (κ3) is 1.13. The number of hydrogen-bond acceptors (Lipinski definition) is 0. The van der Waals surface area contributed by atoms with Crippen molar-refractivity contribution >= 4 is 26.8 Å². The number of aromatic nitrogens is 1. The smallest absolute Gasteiger partial charge is 0.0483 e. The predicted molar refractivity (Wildman–Crippen MR) is 62.5 cm³/mol. The van der Waals surface area contributed by atoms with E-state index in [4.69, 9.17) is 0 Å². The van der Waals surface area contributed by atoms with E-state index in [1.165, 1.54) is 34.0 Å². The molecule has 2 aromatic rings. The van der Waals surface area contributed by atoms with Crippen LogP contribution in [0.1, 0.15) is 12.6 Å². The van der Waals surface area contributed by atoms with Gasteiger partial charge in [-0.25, -0.2) is 0 Å². The summed E-state index contributed by atoms with van der Waals surface area (Å²) in [5.74, 6) is 0.804. The summed E-state index contributed by atoms with van der Waals surface area (Å²) in [7, 11) is 0. The first-order chi connectivity index (χ1) is 6.74. The van der Waals surface area contributed by atoms with Gasteiger partial charge in [-0.1, -0.05) is 22.9 Å². The van der Waals surface area contributed by atoms with Crippen molar-refractivity contribution in [2.45, 2.75) is 19.9 Å². The molecule has 2 heteroatoms. The zero-order valence-electron chi connectivity index (χ0n) is 8.13. The first-order valence-corrected chi connectivity index (χ1v) is 5.81. The SMILES string of the molecule is CC1Cc2cc3cc(Br)ccc3n2C1. The second-order valence-corrected chi connectivity index (χ2v) is 5.17. The molecule has 0 N–H and O–H groups in total. The second kappa shape index (κ2) is 2.86. The Morgan fingerprint density at radius 3 is 3.07 bits per heavy atom. The zero-order valence-corrected chi connectivity index (χ0v) is 9.71. The number of benzene rings is 1. The van der Waals surface area contributed by atoms with Crippen LogP contribution in [0.15, 0.2) is 28.7 Å². The fourth-order valence-corrected chi connectivity index (χ4v) is 2.80. The first kappa shape index (κ1) is 8.54. The summed E-state index contributed by atoms with van der Waals surface area (Å²) in [4.78, 5) is 0. The number of rotatable bonds is 0. The molecule has 1 aromatic carbocycles. The van der Waals surface area contributed by atoms with Gasteiger partial charge in [-0.05, 0) is 36.6 Å². The van der Waals surface area contributed by atoms with Crippen molar-refractivity contribution in [1.82, 2.24) is 4.57 Å². The Labute approximate surface area is 91.9 Å². The summed E-state index contributed by atoms with van der Waals surface area (Å²) in [5.41, 5.74) is 2.87. The van der Waals surface area contributed by atoms with Crippen LogP contribution in [0.5, 0.6) is 0 Å². The Hall–Kier alpha value is -0.760. The van der Waals surface area contributed by atoms with E-state index in [0.717, 1.165) is 5.92 Å². The lowest BCUT2D eigenvalue weighted by molar-refractivity contribution is 0.571. The molecular formula is C12H12BrN. The van der Waals surface area contributed by atoms with Gasteiger partial charge < -0.3 is 4.57 Å². The normalized spacial score (nSPS) is 20.3. The van der Waals surface area contributed by atoms with Crippen molar-refractivity contribution in [1.29, 1.82) is 0 Å². The molecule has 1 aromatic heterocycles. The Bertz CT molecular complexity index is 498. The maximum atomic E-state index is 3.51. The molecular weight excluding hydrogens is 238 g/mol. The molecule has 14 heavy (non-hydrogen) atoms. The number of halogens is 1. The minimum atomic E-state index is 0.804. The van der Waals surface area contributed by atoms with Crippen LogP contribution < -0.4 is 0 Å². The number of nitrogens with zero attached hydrogens (tertiary/aromatic N) is 1. The maximum Gasteiger partial charge on any atom is 0.0483 e. The highest BCUT2D eigenvalue weighted by molar-refractivity contribution is 9.10. The molecule has 0 saturated heterocycles. The van der Waals surface area contributed by atoms with E-state index in [0.29, 0.717) is 0 Å². The Balaban J connectivity index is 2.28. The molecule has 72 valence electrons. The molecule has 0 saturated carbocycles. The quantitative estimate of drug-likeness (QED) is 0.673. The largest absolute Gasteiger partial charge is 0.344 e. The molecule has 1 aliphatic rings. The van der Waals surface area contributed by atoms with Crippen molar-refractivity contribution in [3.63, 3.8) is 0 Å². The lowest BCUT2D eigenvalue weighted by Crippen LogP contribution is -1.96. The highest BCUT2D eigenvalue weighted by atomic mass is 79.9. The van der Waals surface area contributed by atoms with Crippen molar-refractivity contribution in [2.75, 3.05) is 0 Å². The molecule has 2 heterocycles. The van der Waals surface area contributed by atoms with Crippen LogP contribution in [0, 0.1) is 5.92 Å². The second-order valence-electron chi connectivity index (χ2n) is 4.26. The number of fused-ring (bicyclic) bond motifs is 3. The summed E-state index contributed by atoms with van der Waals surface area (Å²) in [6.45, 7) is 3.50. The van der Waals surface area contributed by atoms with Crippen molar-refractivity contribution in [3.8, 4) is 0 Å². The molecule has 0 bridgehead atoms. The molecule has 0 aliphatic carbocycles. The van der Waals surface area contributed by atoms with Gasteiger partial charge in [0.25, 0.3) is 0 Å². The van der Waals surface area contributed by atoms with E-state index in [9.17, 15) is 0 Å². The van der Waals surface area contributed by atoms with E-state index in [1.807, 2.05) is 0 Å². The summed E-state index contributed by atoms with van der Waals surface area (Å²) < 4.78 is 3.62. The Morgan fingerprint density at radius 1 is 1.36 bits per heavy atom. The fourth-order valence-electron chi connectivity index (χ4n) is 2.42. The van der Waals surface area contributed by atoms with Gasteiger partial charge >= 0.3 is 0 Å². The van der Waals surface area contributed by atoms with Gasteiger partial charge in [-0.15, -0.1) is 0 Å². The van der Waals surface area contributed by atoms with Crippen LogP contribution in [-0.4, -0.2) is 4.57 Å². The van der Waals surface area contributed by atoms with Gasteiger partial charge in [0.05, 0.1) is 0 Å². The summed E-state index contributed by atoms with van der Waals surface area (Å²) in [6.07, 6.45) is 1.23. The topological polar surface area (TPSA) is 4.93 Å². The van der Waals surface area contributed by atoms with E-state index in [1.54, 1.807) is 0 Å². The van der Waals surface area contributed by atoms with Gasteiger partial charge in [-0.2, -0.15) is 0 Å². The first-order valence-electron chi connectivity index (χ1n) is 5.02. The molecule has 0 radical (unpaired) electrons. The highest BCUT2D eigenvalue weighted by Crippen LogP contribution is 2.30. The van der Waals surface area contributed by atoms with Gasteiger partial charge in [0, 0.05) is 27.6 Å². The zero-order chi connectivity index (χ0) is 9.71. The van der Waals surface area contributed by atoms with E-state index in [2.05, 4.69) is 51.7 Å². The third-order valence-corrected chi connectivity index (χ3v) is 3.49. The molecule has 1 aliphatic heterocycles. The molecule has 1 nitrogen and oxygen atoms in total. The number of hydrogen-bond donors (Lipinski definition) is 0. The van der Waals surface area contributed by atoms with Crippen LogP contribution in [0.25, 0.3) is 10.9 Å². The lowest BCUT2D eigenvalue weighted by Gasteiger charge is -2.02. The molecule has 1 unspecified atom stereocenters. The summed E-state index contributed by atoms with van der Waals surface area (Å²) >= 11 is 3.51. The molecule has 3 rings (SSSR count). The molecule has 0 spiro atoms. The standard InChI is InChI=1S/C12H12BrN/c1-8-4-11-6-9-5-10(13)2-3-12(9)14(11)7-8/h2-3,5-6,8H,4,7H2,1H3. The molecule has 0 amide bonds.